The molecule has 0 atom stereocenters. The van der Waals surface area contributed by atoms with Gasteiger partial charge in [-0.25, -0.2) is 0 Å². The van der Waals surface area contributed by atoms with Gasteiger partial charge in [-0.2, -0.15) is 0 Å². The van der Waals surface area contributed by atoms with Gasteiger partial charge < -0.3 is 0 Å². The number of hydrogen-bond acceptors (Lipinski definition) is 0. The first-order chi connectivity index (χ1) is 32.1. The van der Waals surface area contributed by atoms with Gasteiger partial charge in [0.1, 0.15) is 0 Å². The normalized spacial score (nSPS) is 13.2. The van der Waals surface area contributed by atoms with Gasteiger partial charge in [-0.05, 0) is 0 Å². The first-order valence-electron chi connectivity index (χ1n) is 23.9. The van der Waals surface area contributed by atoms with Crippen LogP contribution in [0.3, 0.4) is 0 Å². The molecule has 324 valence electrons. The minimum atomic E-state index is -3.43. The van der Waals surface area contributed by atoms with Crippen molar-refractivity contribution in [2.75, 3.05) is 0 Å². The van der Waals surface area contributed by atoms with Crippen LogP contribution in [0, 0.1) is 0 Å². The van der Waals surface area contributed by atoms with Crippen LogP contribution < -0.4 is 3.27 Å². The molecular formula is C65H60Zr. The fourth-order valence-corrected chi connectivity index (χ4v) is 20.4. The van der Waals surface area contributed by atoms with Crippen LogP contribution >= 0.6 is 0 Å². The van der Waals surface area contributed by atoms with E-state index in [9.17, 15) is 0 Å². The van der Waals surface area contributed by atoms with E-state index in [-0.39, 0.29) is 22.7 Å². The van der Waals surface area contributed by atoms with Crippen LogP contribution in [-0.4, -0.2) is 3.21 Å². The summed E-state index contributed by atoms with van der Waals surface area (Å²) in [6.45, 7) is 14.5. The molecule has 0 bridgehead atoms. The summed E-state index contributed by atoms with van der Waals surface area (Å²) in [6.07, 6.45) is 9.23. The van der Waals surface area contributed by atoms with E-state index in [1.165, 1.54) is 72.3 Å². The van der Waals surface area contributed by atoms with Crippen molar-refractivity contribution >= 4 is 6.48 Å². The summed E-state index contributed by atoms with van der Waals surface area (Å²) < 4.78 is 4.98. The van der Waals surface area contributed by atoms with Crippen molar-refractivity contribution in [2.24, 2.45) is 0 Å². The summed E-state index contributed by atoms with van der Waals surface area (Å²) in [5, 5.41) is 0. The van der Waals surface area contributed by atoms with Crippen LogP contribution in [0.2, 0.25) is 0 Å². The Labute approximate surface area is 401 Å². The number of rotatable bonds is 10. The van der Waals surface area contributed by atoms with Crippen molar-refractivity contribution < 1.29 is 21.3 Å². The van der Waals surface area contributed by atoms with Crippen molar-refractivity contribution in [1.29, 1.82) is 0 Å². The third-order valence-corrected chi connectivity index (χ3v) is 21.8. The predicted octanol–water partition coefficient (Wildman–Crippen LogP) is 16.1. The average molecular weight is 932 g/mol. The maximum atomic E-state index is 2.64. The molecule has 66 heavy (non-hydrogen) atoms. The van der Waals surface area contributed by atoms with Gasteiger partial charge >= 0.3 is 404 Å². The molecule has 0 N–H and O–H groups in total. The molecule has 0 fully saturated rings. The molecule has 8 aromatic carbocycles. The number of fused-ring (bicyclic) bond motifs is 3. The van der Waals surface area contributed by atoms with Crippen LogP contribution in [0.25, 0.3) is 33.4 Å². The van der Waals surface area contributed by atoms with E-state index in [0.29, 0.717) is 0 Å². The molecule has 0 radical (unpaired) electrons. The Bertz CT molecular complexity index is 2930. The zero-order valence-electron chi connectivity index (χ0n) is 39.4. The molecule has 0 amide bonds. The van der Waals surface area contributed by atoms with Crippen molar-refractivity contribution in [1.82, 2.24) is 0 Å². The van der Waals surface area contributed by atoms with Gasteiger partial charge in [0.05, 0.1) is 0 Å². The summed E-state index contributed by atoms with van der Waals surface area (Å²) in [6, 6.07) is 76.3. The molecule has 0 aliphatic heterocycles. The zero-order chi connectivity index (χ0) is 45.4. The summed E-state index contributed by atoms with van der Waals surface area (Å²) in [4.78, 5) is 0. The van der Waals surface area contributed by atoms with Crippen LogP contribution in [0.5, 0.6) is 0 Å². The molecule has 2 aliphatic rings. The molecule has 1 heteroatoms. The monoisotopic (exact) mass is 930 g/mol. The van der Waals surface area contributed by atoms with Crippen molar-refractivity contribution in [2.45, 2.75) is 77.0 Å². The van der Waals surface area contributed by atoms with Gasteiger partial charge in [0.25, 0.3) is 0 Å². The number of allylic oxidation sites excluding steroid dienone is 4. The van der Waals surface area contributed by atoms with Crippen LogP contribution in [-0.2, 0) is 38.5 Å². The van der Waals surface area contributed by atoms with Gasteiger partial charge in [-0.1, -0.05) is 0 Å². The van der Waals surface area contributed by atoms with Crippen LogP contribution in [0.15, 0.2) is 222 Å². The molecule has 8 aromatic rings. The fraction of sp³-hybridized carbons (Fsp3) is 0.185. The van der Waals surface area contributed by atoms with E-state index in [1.807, 2.05) is 0 Å². The number of benzene rings is 8. The van der Waals surface area contributed by atoms with E-state index < -0.39 is 21.3 Å². The second-order valence-corrected chi connectivity index (χ2v) is 26.4. The Morgan fingerprint density at radius 2 is 0.879 bits per heavy atom. The maximum absolute atomic E-state index is 3.43. The van der Waals surface area contributed by atoms with Crippen LogP contribution in [0.4, 0.5) is 0 Å². The Kier molecular flexibility index (Phi) is 12.2. The van der Waals surface area contributed by atoms with Gasteiger partial charge in [-0.15, -0.1) is 0 Å². The van der Waals surface area contributed by atoms with Crippen molar-refractivity contribution in [3.05, 3.63) is 266 Å². The summed E-state index contributed by atoms with van der Waals surface area (Å²) in [7, 11) is 0. The molecule has 0 nitrogen and oxygen atoms in total. The molecule has 0 aromatic heterocycles. The second-order valence-electron chi connectivity index (χ2n) is 20.3. The molecule has 0 saturated carbocycles. The first kappa shape index (κ1) is 43.9. The van der Waals surface area contributed by atoms with E-state index in [0.717, 1.165) is 12.8 Å². The third kappa shape index (κ3) is 8.49. The van der Waals surface area contributed by atoms with E-state index in [2.05, 4.69) is 260 Å². The van der Waals surface area contributed by atoms with Crippen molar-refractivity contribution in [3.63, 3.8) is 0 Å². The topological polar surface area (TPSA) is 0 Å². The van der Waals surface area contributed by atoms with E-state index in [1.54, 1.807) is 15.3 Å². The molecular weight excluding hydrogens is 872 g/mol. The Morgan fingerprint density at radius 3 is 1.30 bits per heavy atom. The van der Waals surface area contributed by atoms with Gasteiger partial charge in [0.15, 0.2) is 0 Å². The SMILES string of the molecule is CC(C)(C)c1cc2c(cc1-c1ccccc1)Cc1c-2cc(C(C)(C)C)c(-c2ccccc2)[c]1[Zr]([C]1=CC=CC1)=[C](C(c1ccccc1)c1ccccc1)C(c1ccccc1)c1ccccc1. The summed E-state index contributed by atoms with van der Waals surface area (Å²) in [5.41, 5.74) is 19.3. The predicted molar refractivity (Wildman–Crippen MR) is 279 cm³/mol. The molecule has 0 spiro atoms. The minimum absolute atomic E-state index is 0.0484. The molecule has 2 aliphatic carbocycles. The van der Waals surface area contributed by atoms with Gasteiger partial charge in [0, 0.05) is 0 Å². The van der Waals surface area contributed by atoms with Crippen molar-refractivity contribution in [3.8, 4) is 33.4 Å². The molecule has 10 rings (SSSR count). The zero-order valence-corrected chi connectivity index (χ0v) is 41.8. The summed E-state index contributed by atoms with van der Waals surface area (Å²) in [5.74, 6) is 0.0967. The average Bonchev–Trinajstić information content (AvgIpc) is 4.01. The second kappa shape index (κ2) is 18.3. The Morgan fingerprint density at radius 1 is 0.455 bits per heavy atom. The van der Waals surface area contributed by atoms with E-state index in [4.69, 9.17) is 0 Å². The number of hydrogen-bond donors (Lipinski definition) is 0. The summed E-state index contributed by atoms with van der Waals surface area (Å²) >= 11 is -3.43. The van der Waals surface area contributed by atoms with Crippen LogP contribution in [0.1, 0.15) is 104 Å². The standard InChI is InChI=1S/C33H33.C27H22.C5H5.Zr/c1-32(2,3)30-20-26-24(18-28(30)22-13-9-7-10-14-22)17-25-19-29(23-15-11-8-12-16-23)31(21-27(25)26)33(4,5)6;1-5-13-22(14-6-1)26(23-15-7-2-8-16-23)21-27(24-17-9-3-10-18-24)25-19-11-4-12-20-25;1-2-4-5-3-1;/h7-16,18,20-21H,17H2,1-6H3;1-20,26-27H;1-3H,4H2;. The van der Waals surface area contributed by atoms with Gasteiger partial charge in [-0.3, -0.25) is 0 Å². The molecule has 0 saturated heterocycles. The Balaban J connectivity index is 1.43. The third-order valence-electron chi connectivity index (χ3n) is 13.9. The van der Waals surface area contributed by atoms with Gasteiger partial charge in [0.2, 0.25) is 0 Å². The molecule has 0 unspecified atom stereocenters. The fourth-order valence-electron chi connectivity index (χ4n) is 10.9. The molecule has 0 heterocycles. The first-order valence-corrected chi connectivity index (χ1v) is 27.5. The quantitative estimate of drug-likeness (QED) is 0.128. The van der Waals surface area contributed by atoms with E-state index >= 15 is 0 Å². The Hall–Kier alpha value is -6.01.